The molecule has 0 aliphatic carbocycles. The lowest BCUT2D eigenvalue weighted by Gasteiger charge is -2.10. The molecule has 172 valence electrons. The second kappa shape index (κ2) is 12.1. The topological polar surface area (TPSA) is 96.4 Å². The molecule has 1 aromatic heterocycles. The van der Waals surface area contributed by atoms with Crippen LogP contribution in [0.2, 0.25) is 0 Å². The summed E-state index contributed by atoms with van der Waals surface area (Å²) in [5, 5.41) is 8.86. The normalized spacial score (nSPS) is 11.9. The standard InChI is InChI=1S/C26H28N2O4S/c29-26(30)11-5-4-10-25(24-9-6-17-27-19-24)23-14-12-21(13-15-23)16-18-28-33(31,32)20-22-7-2-1-3-8-22/h1-3,6-10,12-15,17,19,28H,4-5,11,16,18,20H2,(H,29,30)/b25-10-. The van der Waals surface area contributed by atoms with Crippen LogP contribution in [-0.2, 0) is 27.0 Å². The van der Waals surface area contributed by atoms with Crippen molar-refractivity contribution in [1.29, 1.82) is 0 Å². The number of benzene rings is 2. The minimum absolute atomic E-state index is 0.0338. The van der Waals surface area contributed by atoms with E-state index in [4.69, 9.17) is 5.11 Å². The van der Waals surface area contributed by atoms with Crippen LogP contribution in [-0.4, -0.2) is 31.0 Å². The number of hydrogen-bond acceptors (Lipinski definition) is 4. The van der Waals surface area contributed by atoms with Crippen LogP contribution in [0.1, 0.15) is 41.5 Å². The molecule has 0 saturated heterocycles. The molecule has 0 aliphatic heterocycles. The SMILES string of the molecule is O=C(O)CCC/C=C(/c1ccc(CCNS(=O)(=O)Cc2ccccc2)cc1)c1cccnc1. The fourth-order valence-corrected chi connectivity index (χ4v) is 4.62. The van der Waals surface area contributed by atoms with Gasteiger partial charge in [-0.1, -0.05) is 66.7 Å². The van der Waals surface area contributed by atoms with Crippen LogP contribution in [0.5, 0.6) is 0 Å². The highest BCUT2D eigenvalue weighted by Gasteiger charge is 2.11. The van der Waals surface area contributed by atoms with Crippen molar-refractivity contribution >= 4 is 21.6 Å². The van der Waals surface area contributed by atoms with Gasteiger partial charge in [-0.2, -0.15) is 0 Å². The Bertz CT molecular complexity index is 1160. The quantitative estimate of drug-likeness (QED) is 0.387. The molecule has 0 radical (unpaired) electrons. The first-order valence-corrected chi connectivity index (χ1v) is 12.5. The van der Waals surface area contributed by atoms with E-state index in [-0.39, 0.29) is 12.2 Å². The van der Waals surface area contributed by atoms with Gasteiger partial charge in [0.1, 0.15) is 0 Å². The molecule has 0 bridgehead atoms. The second-order valence-corrected chi connectivity index (χ2v) is 9.54. The van der Waals surface area contributed by atoms with Crippen molar-refractivity contribution < 1.29 is 18.3 Å². The van der Waals surface area contributed by atoms with Gasteiger partial charge in [0.25, 0.3) is 0 Å². The molecule has 6 nitrogen and oxygen atoms in total. The van der Waals surface area contributed by atoms with E-state index < -0.39 is 16.0 Å². The first-order chi connectivity index (χ1) is 15.9. The number of aromatic nitrogens is 1. The summed E-state index contributed by atoms with van der Waals surface area (Å²) >= 11 is 0. The smallest absolute Gasteiger partial charge is 0.303 e. The van der Waals surface area contributed by atoms with E-state index >= 15 is 0 Å². The van der Waals surface area contributed by atoms with Crippen molar-refractivity contribution in [2.24, 2.45) is 0 Å². The van der Waals surface area contributed by atoms with E-state index in [0.29, 0.717) is 25.8 Å². The number of sulfonamides is 1. The molecule has 2 aromatic carbocycles. The number of nitrogens with zero attached hydrogens (tertiary/aromatic N) is 1. The van der Waals surface area contributed by atoms with E-state index in [0.717, 1.165) is 27.8 Å². The minimum Gasteiger partial charge on any atom is -0.481 e. The van der Waals surface area contributed by atoms with Gasteiger partial charge in [-0.15, -0.1) is 0 Å². The zero-order valence-electron chi connectivity index (χ0n) is 18.4. The fourth-order valence-electron chi connectivity index (χ4n) is 3.47. The van der Waals surface area contributed by atoms with Gasteiger partial charge in [0.2, 0.25) is 10.0 Å². The number of allylic oxidation sites excluding steroid dienone is 1. The number of aliphatic carboxylic acids is 1. The van der Waals surface area contributed by atoms with Gasteiger partial charge in [0.15, 0.2) is 0 Å². The first kappa shape index (κ1) is 24.4. The zero-order valence-corrected chi connectivity index (χ0v) is 19.2. The maximum Gasteiger partial charge on any atom is 0.303 e. The Morgan fingerprint density at radius 2 is 1.70 bits per heavy atom. The predicted octanol–water partition coefficient (Wildman–Crippen LogP) is 4.43. The molecule has 0 unspecified atom stereocenters. The summed E-state index contributed by atoms with van der Waals surface area (Å²) in [7, 11) is -3.39. The third-order valence-corrected chi connectivity index (χ3v) is 6.47. The summed E-state index contributed by atoms with van der Waals surface area (Å²) in [6, 6.07) is 20.9. The minimum atomic E-state index is -3.39. The Labute approximate surface area is 195 Å². The highest BCUT2D eigenvalue weighted by Crippen LogP contribution is 2.24. The van der Waals surface area contributed by atoms with Crippen molar-refractivity contribution in [3.05, 3.63) is 107 Å². The van der Waals surface area contributed by atoms with Crippen molar-refractivity contribution in [2.75, 3.05) is 6.54 Å². The van der Waals surface area contributed by atoms with E-state index in [1.807, 2.05) is 60.7 Å². The lowest BCUT2D eigenvalue weighted by Crippen LogP contribution is -2.27. The summed E-state index contributed by atoms with van der Waals surface area (Å²) in [5.74, 6) is -0.830. The molecule has 7 heteroatoms. The third-order valence-electron chi connectivity index (χ3n) is 5.12. The van der Waals surface area contributed by atoms with Crippen LogP contribution in [0.4, 0.5) is 0 Å². The molecular weight excluding hydrogens is 436 g/mol. The molecule has 0 spiro atoms. The van der Waals surface area contributed by atoms with E-state index in [1.165, 1.54) is 0 Å². The average molecular weight is 465 g/mol. The summed E-state index contributed by atoms with van der Waals surface area (Å²) in [4.78, 5) is 15.0. The summed E-state index contributed by atoms with van der Waals surface area (Å²) in [6.07, 6.45) is 7.50. The molecule has 3 rings (SSSR count). The fraction of sp³-hybridized carbons (Fsp3) is 0.231. The number of rotatable bonds is 12. The second-order valence-electron chi connectivity index (χ2n) is 7.73. The number of pyridine rings is 1. The molecule has 2 N–H and O–H groups in total. The van der Waals surface area contributed by atoms with Crippen molar-refractivity contribution in [2.45, 2.75) is 31.4 Å². The van der Waals surface area contributed by atoms with Crippen LogP contribution in [0.25, 0.3) is 5.57 Å². The Kier molecular flexibility index (Phi) is 8.92. The lowest BCUT2D eigenvalue weighted by atomic mass is 9.96. The largest absolute Gasteiger partial charge is 0.481 e. The summed E-state index contributed by atoms with van der Waals surface area (Å²) in [5.41, 5.74) is 4.76. The Hall–Kier alpha value is -3.29. The molecule has 0 atom stereocenters. The van der Waals surface area contributed by atoms with Gasteiger partial charge < -0.3 is 5.11 Å². The lowest BCUT2D eigenvalue weighted by molar-refractivity contribution is -0.137. The van der Waals surface area contributed by atoms with E-state index in [9.17, 15) is 13.2 Å². The maximum absolute atomic E-state index is 12.3. The number of carboxylic acid groups (broad SMARTS) is 1. The zero-order chi connectivity index (χ0) is 23.5. The number of nitrogens with one attached hydrogen (secondary N) is 1. The average Bonchev–Trinajstić information content (AvgIpc) is 2.80. The van der Waals surface area contributed by atoms with Crippen LogP contribution in [0.15, 0.2) is 85.2 Å². The van der Waals surface area contributed by atoms with Gasteiger partial charge in [-0.3, -0.25) is 9.78 Å². The van der Waals surface area contributed by atoms with E-state index in [2.05, 4.69) is 9.71 Å². The number of carboxylic acids is 1. The molecule has 1 heterocycles. The Morgan fingerprint density at radius 3 is 2.36 bits per heavy atom. The highest BCUT2D eigenvalue weighted by atomic mass is 32.2. The van der Waals surface area contributed by atoms with Gasteiger partial charge in [-0.05, 0) is 47.6 Å². The van der Waals surface area contributed by atoms with Crippen LogP contribution in [0, 0.1) is 0 Å². The summed E-state index contributed by atoms with van der Waals surface area (Å²) in [6.45, 7) is 0.328. The van der Waals surface area contributed by atoms with Gasteiger partial charge in [0, 0.05) is 30.9 Å². The van der Waals surface area contributed by atoms with Crippen molar-refractivity contribution in [3.63, 3.8) is 0 Å². The summed E-state index contributed by atoms with van der Waals surface area (Å²) < 4.78 is 27.3. The van der Waals surface area contributed by atoms with Gasteiger partial charge in [-0.25, -0.2) is 13.1 Å². The Morgan fingerprint density at radius 1 is 0.939 bits per heavy atom. The molecule has 0 saturated carbocycles. The first-order valence-electron chi connectivity index (χ1n) is 10.9. The van der Waals surface area contributed by atoms with Crippen molar-refractivity contribution in [1.82, 2.24) is 9.71 Å². The van der Waals surface area contributed by atoms with Crippen LogP contribution in [0.3, 0.4) is 0 Å². The molecule has 0 aliphatic rings. The predicted molar refractivity (Wildman–Crippen MR) is 130 cm³/mol. The molecule has 0 amide bonds. The Balaban J connectivity index is 1.62. The molecule has 0 fully saturated rings. The van der Waals surface area contributed by atoms with Gasteiger partial charge >= 0.3 is 5.97 Å². The number of hydrogen-bond donors (Lipinski definition) is 2. The number of carbonyl (C=O) groups is 1. The van der Waals surface area contributed by atoms with E-state index in [1.54, 1.807) is 24.5 Å². The third kappa shape index (κ3) is 8.29. The maximum atomic E-state index is 12.3. The molecule has 33 heavy (non-hydrogen) atoms. The molecular formula is C26H28N2O4S. The van der Waals surface area contributed by atoms with Gasteiger partial charge in [0.05, 0.1) is 5.75 Å². The van der Waals surface area contributed by atoms with Crippen LogP contribution >= 0.6 is 0 Å². The highest BCUT2D eigenvalue weighted by molar-refractivity contribution is 7.88. The van der Waals surface area contributed by atoms with Crippen LogP contribution < -0.4 is 4.72 Å². The molecule has 3 aromatic rings. The number of unbranched alkanes of at least 4 members (excludes halogenated alkanes) is 1. The monoisotopic (exact) mass is 464 g/mol. The van der Waals surface area contributed by atoms with Crippen molar-refractivity contribution in [3.8, 4) is 0 Å².